The number of hydrogen-bond donors (Lipinski definition) is 2. The van der Waals surface area contributed by atoms with Gasteiger partial charge in [-0.1, -0.05) is 25.4 Å². The number of carboxylic acid groups (broad SMARTS) is 1. The zero-order valence-electron chi connectivity index (χ0n) is 11.8. The van der Waals surface area contributed by atoms with Crippen LogP contribution in [0.15, 0.2) is 18.2 Å². The molecule has 2 N–H and O–H groups in total. The molecule has 1 aromatic rings. The lowest BCUT2D eigenvalue weighted by molar-refractivity contribution is -0.145. The van der Waals surface area contributed by atoms with Gasteiger partial charge in [-0.25, -0.2) is 4.79 Å². The highest BCUT2D eigenvalue weighted by Gasteiger charge is 2.26. The molecule has 0 aromatic heterocycles. The van der Waals surface area contributed by atoms with E-state index in [1.165, 1.54) is 39.2 Å². The summed E-state index contributed by atoms with van der Waals surface area (Å²) in [4.78, 5) is 34.3. The molecule has 0 aliphatic carbocycles. The minimum atomic E-state index is -1.05. The Kier molecular flexibility index (Phi) is 5.72. The lowest BCUT2D eigenvalue weighted by Crippen LogP contribution is -2.30. The van der Waals surface area contributed by atoms with E-state index in [1.807, 2.05) is 0 Å². The minimum absolute atomic E-state index is 0.121. The van der Waals surface area contributed by atoms with Crippen LogP contribution in [-0.4, -0.2) is 30.1 Å². The van der Waals surface area contributed by atoms with Gasteiger partial charge in [0.2, 0.25) is 5.91 Å². The average molecular weight is 314 g/mol. The Hall–Kier alpha value is -2.08. The Balaban J connectivity index is 2.91. The van der Waals surface area contributed by atoms with Crippen molar-refractivity contribution in [1.82, 2.24) is 0 Å². The molecule has 0 aliphatic heterocycles. The van der Waals surface area contributed by atoms with Gasteiger partial charge in [0.05, 0.1) is 23.6 Å². The van der Waals surface area contributed by atoms with Crippen molar-refractivity contribution in [3.8, 4) is 0 Å². The number of carbonyl (C=O) groups is 3. The molecule has 1 amide bonds. The molecule has 114 valence electrons. The Bertz CT molecular complexity index is 572. The molecule has 0 bridgehead atoms. The van der Waals surface area contributed by atoms with Crippen LogP contribution < -0.4 is 5.32 Å². The normalized spacial score (nSPS) is 13.1. The molecule has 21 heavy (non-hydrogen) atoms. The van der Waals surface area contributed by atoms with E-state index in [0.717, 1.165) is 0 Å². The molecule has 1 aromatic carbocycles. The number of esters is 1. The molecule has 1 rings (SSSR count). The summed E-state index contributed by atoms with van der Waals surface area (Å²) < 4.78 is 4.58. The van der Waals surface area contributed by atoms with Gasteiger partial charge < -0.3 is 15.2 Å². The van der Waals surface area contributed by atoms with Gasteiger partial charge in [0, 0.05) is 11.6 Å². The van der Waals surface area contributed by atoms with Crippen LogP contribution in [0.5, 0.6) is 0 Å². The molecule has 0 saturated carbocycles. The van der Waals surface area contributed by atoms with Gasteiger partial charge in [-0.3, -0.25) is 9.59 Å². The number of methoxy groups -OCH3 is 1. The van der Waals surface area contributed by atoms with Crippen LogP contribution in [-0.2, 0) is 14.3 Å². The zero-order chi connectivity index (χ0) is 16.2. The predicted octanol–water partition coefficient (Wildman–Crippen LogP) is 2.42. The lowest BCUT2D eigenvalue weighted by atomic mass is 9.95. The van der Waals surface area contributed by atoms with Crippen molar-refractivity contribution in [2.24, 2.45) is 11.8 Å². The van der Waals surface area contributed by atoms with Gasteiger partial charge >= 0.3 is 11.9 Å². The number of benzene rings is 1. The molecule has 7 heteroatoms. The third-order valence-electron chi connectivity index (χ3n) is 3.19. The van der Waals surface area contributed by atoms with E-state index >= 15 is 0 Å². The number of nitrogens with one attached hydrogen (secondary N) is 1. The molecule has 0 aliphatic rings. The molecule has 0 saturated heterocycles. The summed E-state index contributed by atoms with van der Waals surface area (Å²) in [5, 5.41) is 11.7. The maximum Gasteiger partial charge on any atom is 0.339 e. The smallest absolute Gasteiger partial charge is 0.339 e. The summed E-state index contributed by atoms with van der Waals surface area (Å²) in [5.74, 6) is -3.67. The van der Waals surface area contributed by atoms with Crippen molar-refractivity contribution < 1.29 is 24.2 Å². The summed E-state index contributed by atoms with van der Waals surface area (Å²) in [7, 11) is 1.22. The fourth-order valence-electron chi connectivity index (χ4n) is 1.57. The monoisotopic (exact) mass is 313 g/mol. The van der Waals surface area contributed by atoms with Gasteiger partial charge in [0.1, 0.15) is 0 Å². The Morgan fingerprint density at radius 1 is 1.24 bits per heavy atom. The standard InChI is InChI=1S/C14H16ClNO5/c1-7(8(2)13(18)19)12(17)16-9-4-5-11(15)10(6-9)14(20)21-3/h4-8H,1-3H3,(H,16,17)(H,18,19). The van der Waals surface area contributed by atoms with Crippen LogP contribution in [0, 0.1) is 11.8 Å². The molecule has 0 radical (unpaired) electrons. The molecular weight excluding hydrogens is 298 g/mol. The van der Waals surface area contributed by atoms with Crippen molar-refractivity contribution in [2.75, 3.05) is 12.4 Å². The molecule has 0 fully saturated rings. The predicted molar refractivity (Wildman–Crippen MR) is 77.4 cm³/mol. The highest BCUT2D eigenvalue weighted by molar-refractivity contribution is 6.33. The van der Waals surface area contributed by atoms with E-state index in [-0.39, 0.29) is 10.6 Å². The molecular formula is C14H16ClNO5. The van der Waals surface area contributed by atoms with E-state index in [4.69, 9.17) is 16.7 Å². The summed E-state index contributed by atoms with van der Waals surface area (Å²) >= 11 is 5.87. The second-order valence-corrected chi connectivity index (χ2v) is 5.00. The number of carbonyl (C=O) groups excluding carboxylic acids is 2. The molecule has 6 nitrogen and oxygen atoms in total. The minimum Gasteiger partial charge on any atom is -0.481 e. The summed E-state index contributed by atoms with van der Waals surface area (Å²) in [6.07, 6.45) is 0. The van der Waals surface area contributed by atoms with Crippen LogP contribution in [0.4, 0.5) is 5.69 Å². The number of carboxylic acids is 1. The van der Waals surface area contributed by atoms with Gasteiger partial charge in [0.15, 0.2) is 0 Å². The highest BCUT2D eigenvalue weighted by Crippen LogP contribution is 2.22. The third kappa shape index (κ3) is 4.19. The fourth-order valence-corrected chi connectivity index (χ4v) is 1.76. The number of hydrogen-bond acceptors (Lipinski definition) is 4. The number of rotatable bonds is 5. The van der Waals surface area contributed by atoms with Crippen LogP contribution in [0.3, 0.4) is 0 Å². The first kappa shape index (κ1) is 17.0. The van der Waals surface area contributed by atoms with Gasteiger partial charge in [-0.2, -0.15) is 0 Å². The average Bonchev–Trinajstić information content (AvgIpc) is 2.46. The van der Waals surface area contributed by atoms with Crippen LogP contribution in [0.1, 0.15) is 24.2 Å². The number of halogens is 1. The number of aliphatic carboxylic acids is 1. The zero-order valence-corrected chi connectivity index (χ0v) is 12.6. The van der Waals surface area contributed by atoms with E-state index in [2.05, 4.69) is 10.1 Å². The second-order valence-electron chi connectivity index (χ2n) is 4.59. The van der Waals surface area contributed by atoms with Crippen molar-refractivity contribution in [2.45, 2.75) is 13.8 Å². The lowest BCUT2D eigenvalue weighted by Gasteiger charge is -2.16. The first-order valence-electron chi connectivity index (χ1n) is 6.19. The van der Waals surface area contributed by atoms with Gasteiger partial charge in [0.25, 0.3) is 0 Å². The van der Waals surface area contributed by atoms with Gasteiger partial charge in [-0.05, 0) is 18.2 Å². The van der Waals surface area contributed by atoms with Crippen LogP contribution in [0.25, 0.3) is 0 Å². The van der Waals surface area contributed by atoms with E-state index in [9.17, 15) is 14.4 Å². The SMILES string of the molecule is COC(=O)c1cc(NC(=O)C(C)C(C)C(=O)O)ccc1Cl. The van der Waals surface area contributed by atoms with E-state index < -0.39 is 29.7 Å². The first-order chi connectivity index (χ1) is 9.77. The van der Waals surface area contributed by atoms with E-state index in [0.29, 0.717) is 5.69 Å². The quantitative estimate of drug-likeness (QED) is 0.814. The van der Waals surface area contributed by atoms with Crippen LogP contribution in [0.2, 0.25) is 5.02 Å². The maximum absolute atomic E-state index is 12.0. The fraction of sp³-hybridized carbons (Fsp3) is 0.357. The summed E-state index contributed by atoms with van der Waals surface area (Å²) in [6.45, 7) is 2.97. The number of anilines is 1. The van der Waals surface area contributed by atoms with E-state index in [1.54, 1.807) is 0 Å². The molecule has 2 unspecified atom stereocenters. The molecule has 0 heterocycles. The molecule has 0 spiro atoms. The van der Waals surface area contributed by atoms with Crippen LogP contribution >= 0.6 is 11.6 Å². The first-order valence-corrected chi connectivity index (χ1v) is 6.57. The van der Waals surface area contributed by atoms with Crippen molar-refractivity contribution in [1.29, 1.82) is 0 Å². The summed E-state index contributed by atoms with van der Waals surface area (Å²) in [5.41, 5.74) is 0.463. The Labute approximate surface area is 127 Å². The highest BCUT2D eigenvalue weighted by atomic mass is 35.5. The summed E-state index contributed by atoms with van der Waals surface area (Å²) in [6, 6.07) is 4.35. The van der Waals surface area contributed by atoms with Gasteiger partial charge in [-0.15, -0.1) is 0 Å². The Morgan fingerprint density at radius 2 is 1.86 bits per heavy atom. The largest absolute Gasteiger partial charge is 0.481 e. The topological polar surface area (TPSA) is 92.7 Å². The van der Waals surface area contributed by atoms with Crippen molar-refractivity contribution in [3.63, 3.8) is 0 Å². The second kappa shape index (κ2) is 7.08. The number of ether oxygens (including phenoxy) is 1. The Morgan fingerprint density at radius 3 is 2.38 bits per heavy atom. The molecule has 2 atom stereocenters. The maximum atomic E-state index is 12.0. The van der Waals surface area contributed by atoms with Crippen molar-refractivity contribution in [3.05, 3.63) is 28.8 Å². The number of amides is 1. The van der Waals surface area contributed by atoms with Crippen molar-refractivity contribution >= 4 is 35.1 Å². The third-order valence-corrected chi connectivity index (χ3v) is 3.52.